The number of quaternary nitrogens is 1. The minimum Gasteiger partial charge on any atom is -0.870 e. The lowest BCUT2D eigenvalue weighted by atomic mass is 9.72. The highest BCUT2D eigenvalue weighted by molar-refractivity contribution is 5.82. The van der Waals surface area contributed by atoms with E-state index in [1.165, 1.54) is 13.0 Å². The van der Waals surface area contributed by atoms with Gasteiger partial charge in [-0.25, -0.2) is 0 Å². The number of fused-ring (bicyclic) bond motifs is 4. The lowest BCUT2D eigenvalue weighted by molar-refractivity contribution is -0.956. The largest absolute Gasteiger partial charge is 0.870 e. The van der Waals surface area contributed by atoms with Crippen LogP contribution in [-0.2, 0) is 0 Å². The molecule has 1 aromatic heterocycles. The second kappa shape index (κ2) is 6.28. The van der Waals surface area contributed by atoms with Crippen LogP contribution < -0.4 is 0 Å². The quantitative estimate of drug-likeness (QED) is 0.696. The van der Waals surface area contributed by atoms with Crippen LogP contribution in [0.1, 0.15) is 24.5 Å². The van der Waals surface area contributed by atoms with Crippen molar-refractivity contribution in [2.45, 2.75) is 25.0 Å². The Labute approximate surface area is 143 Å². The summed E-state index contributed by atoms with van der Waals surface area (Å²) >= 11 is 0. The summed E-state index contributed by atoms with van der Waals surface area (Å²) in [6.07, 6.45) is 5.87. The number of nitrogens with zero attached hydrogens (tertiary/aromatic N) is 2. The van der Waals surface area contributed by atoms with Gasteiger partial charge in [0, 0.05) is 30.3 Å². The molecular formula is C20H26N2O2. The normalized spacial score (nSPS) is 33.0. The van der Waals surface area contributed by atoms with Gasteiger partial charge in [0.15, 0.2) is 0 Å². The zero-order valence-corrected chi connectivity index (χ0v) is 14.2. The van der Waals surface area contributed by atoms with E-state index in [1.807, 2.05) is 30.5 Å². The lowest BCUT2D eigenvalue weighted by Crippen LogP contribution is -2.66. The molecule has 4 heteroatoms. The Balaban J connectivity index is 0.00000169. The Morgan fingerprint density at radius 2 is 2.12 bits per heavy atom. The van der Waals surface area contributed by atoms with Gasteiger partial charge in [-0.15, -0.1) is 6.58 Å². The molecule has 3 aliphatic rings. The second-order valence-electron chi connectivity index (χ2n) is 7.50. The van der Waals surface area contributed by atoms with Crippen molar-refractivity contribution in [3.05, 3.63) is 54.7 Å². The van der Waals surface area contributed by atoms with E-state index in [-0.39, 0.29) is 11.5 Å². The number of para-hydroxylation sites is 1. The van der Waals surface area contributed by atoms with Crippen LogP contribution in [0.4, 0.5) is 0 Å². The van der Waals surface area contributed by atoms with Crippen molar-refractivity contribution in [1.82, 2.24) is 4.98 Å². The van der Waals surface area contributed by atoms with Crippen molar-refractivity contribution in [2.75, 3.05) is 20.1 Å². The van der Waals surface area contributed by atoms with Gasteiger partial charge < -0.3 is 15.1 Å². The molecule has 3 aliphatic heterocycles. The van der Waals surface area contributed by atoms with Gasteiger partial charge >= 0.3 is 0 Å². The molecule has 4 nitrogen and oxygen atoms in total. The number of rotatable bonds is 3. The third-order valence-electron chi connectivity index (χ3n) is 6.26. The Morgan fingerprint density at radius 1 is 1.33 bits per heavy atom. The highest BCUT2D eigenvalue weighted by Gasteiger charge is 2.51. The average Bonchev–Trinajstić information content (AvgIpc) is 2.60. The second-order valence-corrected chi connectivity index (χ2v) is 7.50. The molecule has 5 rings (SSSR count). The zero-order valence-electron chi connectivity index (χ0n) is 14.2. The summed E-state index contributed by atoms with van der Waals surface area (Å²) in [5, 5.41) is 12.3. The van der Waals surface area contributed by atoms with E-state index in [0.717, 1.165) is 33.9 Å². The van der Waals surface area contributed by atoms with Gasteiger partial charge in [-0.05, 0) is 23.6 Å². The number of aliphatic hydroxyl groups excluding tert-OH is 1. The van der Waals surface area contributed by atoms with Crippen LogP contribution in [0.25, 0.3) is 10.9 Å². The summed E-state index contributed by atoms with van der Waals surface area (Å²) in [5.74, 6) is 1.28. The minimum atomic E-state index is -0.429. The van der Waals surface area contributed by atoms with Gasteiger partial charge in [-0.1, -0.05) is 24.3 Å². The number of aromatic nitrogens is 1. The number of likely N-dealkylation sites (N-methyl/N-ethyl adjacent to an activating group) is 1. The van der Waals surface area contributed by atoms with E-state index < -0.39 is 6.10 Å². The highest BCUT2D eigenvalue weighted by Crippen LogP contribution is 2.45. The third-order valence-corrected chi connectivity index (χ3v) is 6.26. The maximum absolute atomic E-state index is 11.2. The van der Waals surface area contributed by atoms with Crippen LogP contribution in [0.15, 0.2) is 49.2 Å². The smallest absolute Gasteiger partial charge is 0.131 e. The topological polar surface area (TPSA) is 63.1 Å². The average molecular weight is 326 g/mol. The Kier molecular flexibility index (Phi) is 4.47. The van der Waals surface area contributed by atoms with Crippen molar-refractivity contribution in [1.29, 1.82) is 0 Å². The highest BCUT2D eigenvalue weighted by atomic mass is 16.3. The molecule has 128 valence electrons. The maximum Gasteiger partial charge on any atom is 0.131 e. The van der Waals surface area contributed by atoms with Crippen molar-refractivity contribution in [3.8, 4) is 0 Å². The van der Waals surface area contributed by atoms with Gasteiger partial charge in [0.25, 0.3) is 0 Å². The van der Waals surface area contributed by atoms with Crippen molar-refractivity contribution in [2.24, 2.45) is 11.8 Å². The third kappa shape index (κ3) is 2.55. The first-order valence-electron chi connectivity index (χ1n) is 8.61. The Hall–Kier alpha value is -1.75. The summed E-state index contributed by atoms with van der Waals surface area (Å²) < 4.78 is 0.963. The van der Waals surface area contributed by atoms with Crippen LogP contribution in [0.2, 0.25) is 0 Å². The van der Waals surface area contributed by atoms with Gasteiger partial charge in [-0.3, -0.25) is 4.98 Å². The Bertz CT molecular complexity index is 742. The standard InChI is InChI=1S/C20H25N2O.H2O/c1-3-14-13-22(2)11-9-15(14)12-19(22)20(23)17-8-10-21-18-7-5-4-6-16(17)18;/h3-8,10,14-15,19-20,23H,1,9,11-13H2,2H3;1H2/q+1;/p-1/t14-,15-,19-,20+,22?;/m0./s1. The van der Waals surface area contributed by atoms with Crippen molar-refractivity contribution in [3.63, 3.8) is 0 Å². The van der Waals surface area contributed by atoms with E-state index in [1.54, 1.807) is 0 Å². The number of benzene rings is 1. The molecule has 0 radical (unpaired) electrons. The molecule has 3 fully saturated rings. The molecule has 24 heavy (non-hydrogen) atoms. The maximum atomic E-state index is 11.2. The van der Waals surface area contributed by atoms with Crippen LogP contribution in [0, 0.1) is 11.8 Å². The molecule has 0 saturated carbocycles. The molecule has 2 aromatic rings. The summed E-state index contributed by atoms with van der Waals surface area (Å²) in [4.78, 5) is 4.43. The predicted octanol–water partition coefficient (Wildman–Crippen LogP) is 3.13. The molecule has 1 aromatic carbocycles. The minimum absolute atomic E-state index is 0. The fourth-order valence-electron chi connectivity index (χ4n) is 4.88. The van der Waals surface area contributed by atoms with Crippen molar-refractivity contribution >= 4 is 10.9 Å². The summed E-state index contributed by atoms with van der Waals surface area (Å²) in [7, 11) is 2.31. The number of piperidine rings is 3. The molecule has 5 atom stereocenters. The van der Waals surface area contributed by atoms with Gasteiger partial charge in [0.1, 0.15) is 12.1 Å². The lowest BCUT2D eigenvalue weighted by Gasteiger charge is -2.56. The number of hydrogen-bond acceptors (Lipinski definition) is 3. The van der Waals surface area contributed by atoms with E-state index >= 15 is 0 Å². The molecule has 4 heterocycles. The van der Waals surface area contributed by atoms with Crippen LogP contribution in [0.5, 0.6) is 0 Å². The van der Waals surface area contributed by atoms with E-state index in [9.17, 15) is 5.11 Å². The molecule has 2 N–H and O–H groups in total. The van der Waals surface area contributed by atoms with E-state index in [4.69, 9.17) is 0 Å². The van der Waals surface area contributed by atoms with Gasteiger partial charge in [0.2, 0.25) is 0 Å². The number of hydrogen-bond donors (Lipinski definition) is 1. The monoisotopic (exact) mass is 326 g/mol. The van der Waals surface area contributed by atoms with Crippen LogP contribution in [-0.4, -0.2) is 46.2 Å². The molecule has 0 spiro atoms. The zero-order chi connectivity index (χ0) is 16.0. The first-order valence-corrected chi connectivity index (χ1v) is 8.61. The number of pyridine rings is 1. The van der Waals surface area contributed by atoms with Crippen molar-refractivity contribution < 1.29 is 15.1 Å². The molecular weight excluding hydrogens is 300 g/mol. The molecule has 3 saturated heterocycles. The summed E-state index contributed by atoms with van der Waals surface area (Å²) in [6.45, 7) is 6.30. The Morgan fingerprint density at radius 3 is 2.88 bits per heavy atom. The summed E-state index contributed by atoms with van der Waals surface area (Å²) in [5.41, 5.74) is 1.99. The molecule has 1 unspecified atom stereocenters. The molecule has 0 aliphatic carbocycles. The first kappa shape index (κ1) is 17.1. The molecule has 2 bridgehead atoms. The van der Waals surface area contributed by atoms with Gasteiger partial charge in [-0.2, -0.15) is 0 Å². The van der Waals surface area contributed by atoms with Crippen LogP contribution in [0.3, 0.4) is 0 Å². The SMILES string of the molecule is C=C[C@H]1C[N+]2(C)CC[C@H]1C[C@H]2[C@H](O)c1ccnc2ccccc12.[OH-]. The van der Waals surface area contributed by atoms with E-state index in [0.29, 0.717) is 11.8 Å². The van der Waals surface area contributed by atoms with Gasteiger partial charge in [0.05, 0.1) is 25.7 Å². The fraction of sp³-hybridized carbons (Fsp3) is 0.450. The first-order chi connectivity index (χ1) is 11.1. The van der Waals surface area contributed by atoms with E-state index in [2.05, 4.69) is 30.8 Å². The number of aliphatic hydroxyl groups is 1. The fourth-order valence-corrected chi connectivity index (χ4v) is 4.88. The van der Waals surface area contributed by atoms with Crippen LogP contribution >= 0.6 is 0 Å². The molecule has 0 amide bonds. The predicted molar refractivity (Wildman–Crippen MR) is 94.8 cm³/mol. The summed E-state index contributed by atoms with van der Waals surface area (Å²) in [6, 6.07) is 10.4.